The lowest BCUT2D eigenvalue weighted by molar-refractivity contribution is -0.123. The lowest BCUT2D eigenvalue weighted by atomic mass is 10.1. The van der Waals surface area contributed by atoms with Gasteiger partial charge in [-0.1, -0.05) is 12.1 Å². The molecule has 0 radical (unpaired) electrons. The van der Waals surface area contributed by atoms with Crippen LogP contribution in [-0.2, 0) is 4.79 Å². The van der Waals surface area contributed by atoms with Gasteiger partial charge in [0, 0.05) is 41.8 Å². The fourth-order valence-electron chi connectivity index (χ4n) is 3.06. The summed E-state index contributed by atoms with van der Waals surface area (Å²) in [4.78, 5) is 27.8. The van der Waals surface area contributed by atoms with Crippen LogP contribution in [0.1, 0.15) is 12.5 Å². The molecule has 0 aliphatic carbocycles. The molecule has 3 aromatic rings. The van der Waals surface area contributed by atoms with Crippen molar-refractivity contribution in [2.24, 2.45) is 0 Å². The highest BCUT2D eigenvalue weighted by Gasteiger charge is 2.27. The molecule has 5 N–H and O–H groups in total. The molecule has 2 heterocycles. The van der Waals surface area contributed by atoms with Crippen LogP contribution in [0.5, 0.6) is 0 Å². The molecule has 10 nitrogen and oxygen atoms in total. The Hall–Kier alpha value is -4.42. The van der Waals surface area contributed by atoms with E-state index in [4.69, 9.17) is 5.41 Å². The largest absolute Gasteiger partial charge is 0.405 e. The van der Waals surface area contributed by atoms with E-state index < -0.39 is 24.8 Å². The Morgan fingerprint density at radius 3 is 2.69 bits per heavy atom. The zero-order valence-electron chi connectivity index (χ0n) is 18.8. The van der Waals surface area contributed by atoms with E-state index in [2.05, 4.69) is 26.0 Å². The fraction of sp³-hybridized carbons (Fsp3) is 0.227. The minimum absolute atomic E-state index is 0.202. The van der Waals surface area contributed by atoms with Crippen molar-refractivity contribution in [3.63, 3.8) is 0 Å². The molecule has 0 bridgehead atoms. The number of nitrogens with zero attached hydrogens (tertiary/aromatic N) is 3. The van der Waals surface area contributed by atoms with Gasteiger partial charge in [0.05, 0.1) is 18.1 Å². The molecule has 2 aromatic heterocycles. The van der Waals surface area contributed by atoms with Crippen LogP contribution in [0.3, 0.4) is 0 Å². The van der Waals surface area contributed by atoms with Gasteiger partial charge in [-0.3, -0.25) is 4.79 Å². The van der Waals surface area contributed by atoms with Crippen molar-refractivity contribution in [3.05, 3.63) is 54.5 Å². The molecule has 0 aliphatic heterocycles. The van der Waals surface area contributed by atoms with E-state index in [0.29, 0.717) is 33.7 Å². The number of carbonyl (C=O) groups is 2. The topological polar surface area (TPSA) is 136 Å². The van der Waals surface area contributed by atoms with Gasteiger partial charge in [0.15, 0.2) is 5.65 Å². The molecule has 0 saturated heterocycles. The van der Waals surface area contributed by atoms with E-state index in [0.717, 1.165) is 6.21 Å². The number of rotatable bonds is 8. The number of aromatic nitrogens is 3. The standard InChI is InChI=1S/C22H23F3N8O2/c1-13(20(34)27-2)28-9-16(8-26)15-7-19-29-11-18(33(19)31-10-15)14-4-3-5-17(6-14)32-21(35)30-12-22(23,24)25/h3-11,13,26,28H,12H2,1-2H3,(H,27,34)(H2,30,32,35)/b16-9+,26-8?. The Kier molecular flexibility index (Phi) is 7.69. The van der Waals surface area contributed by atoms with Gasteiger partial charge in [0.2, 0.25) is 5.91 Å². The van der Waals surface area contributed by atoms with E-state index in [1.807, 2.05) is 0 Å². The maximum absolute atomic E-state index is 12.3. The highest BCUT2D eigenvalue weighted by atomic mass is 19.4. The lowest BCUT2D eigenvalue weighted by Gasteiger charge is -2.11. The number of carbonyl (C=O) groups excluding carboxylic acids is 2. The zero-order chi connectivity index (χ0) is 25.6. The first-order valence-corrected chi connectivity index (χ1v) is 10.4. The second-order valence-corrected chi connectivity index (χ2v) is 7.41. The van der Waals surface area contributed by atoms with Crippen molar-refractivity contribution in [1.82, 2.24) is 30.5 Å². The van der Waals surface area contributed by atoms with E-state index in [1.54, 1.807) is 59.5 Å². The first-order chi connectivity index (χ1) is 16.6. The van der Waals surface area contributed by atoms with Crippen LogP contribution in [0.4, 0.5) is 23.7 Å². The average Bonchev–Trinajstić information content (AvgIpc) is 3.25. The molecule has 1 unspecified atom stereocenters. The van der Waals surface area contributed by atoms with Gasteiger partial charge >= 0.3 is 12.2 Å². The monoisotopic (exact) mass is 488 g/mol. The van der Waals surface area contributed by atoms with Crippen LogP contribution in [0.2, 0.25) is 0 Å². The van der Waals surface area contributed by atoms with Gasteiger partial charge in [0.1, 0.15) is 12.6 Å². The highest BCUT2D eigenvalue weighted by molar-refractivity contribution is 6.08. The Balaban J connectivity index is 1.81. The molecule has 3 rings (SSSR count). The number of likely N-dealkylation sites (N-methyl/N-ethyl adjacent to an activating group) is 1. The van der Waals surface area contributed by atoms with Crippen LogP contribution in [0.15, 0.2) is 48.9 Å². The fourth-order valence-corrected chi connectivity index (χ4v) is 3.06. The number of alkyl halides is 3. The third kappa shape index (κ3) is 6.56. The summed E-state index contributed by atoms with van der Waals surface area (Å²) >= 11 is 0. The quantitative estimate of drug-likeness (QED) is 0.311. The van der Waals surface area contributed by atoms with Crippen LogP contribution in [0.25, 0.3) is 22.5 Å². The molecule has 0 saturated carbocycles. The Morgan fingerprint density at radius 2 is 2.00 bits per heavy atom. The minimum atomic E-state index is -4.51. The predicted octanol–water partition coefficient (Wildman–Crippen LogP) is 2.79. The molecule has 0 fully saturated rings. The maximum atomic E-state index is 12.3. The number of nitrogens with one attached hydrogen (secondary N) is 5. The normalized spacial score (nSPS) is 12.7. The van der Waals surface area contributed by atoms with Crippen molar-refractivity contribution >= 4 is 35.1 Å². The van der Waals surface area contributed by atoms with Crippen molar-refractivity contribution in [2.75, 3.05) is 18.9 Å². The number of anilines is 1. The van der Waals surface area contributed by atoms with Gasteiger partial charge < -0.3 is 26.7 Å². The predicted molar refractivity (Wildman–Crippen MR) is 125 cm³/mol. The van der Waals surface area contributed by atoms with E-state index in [-0.39, 0.29) is 5.91 Å². The Bertz CT molecular complexity index is 1270. The van der Waals surface area contributed by atoms with Gasteiger partial charge in [-0.05, 0) is 25.1 Å². The summed E-state index contributed by atoms with van der Waals surface area (Å²) in [6.45, 7) is 0.243. The van der Waals surface area contributed by atoms with Crippen LogP contribution >= 0.6 is 0 Å². The zero-order valence-corrected chi connectivity index (χ0v) is 18.8. The molecule has 184 valence electrons. The van der Waals surface area contributed by atoms with E-state index in [1.165, 1.54) is 13.2 Å². The molecule has 35 heavy (non-hydrogen) atoms. The first-order valence-electron chi connectivity index (χ1n) is 10.4. The number of amides is 3. The summed E-state index contributed by atoms with van der Waals surface area (Å²) in [7, 11) is 1.53. The number of imidazole rings is 1. The number of benzene rings is 1. The Morgan fingerprint density at radius 1 is 1.23 bits per heavy atom. The lowest BCUT2D eigenvalue weighted by Crippen LogP contribution is -2.38. The number of urea groups is 1. The van der Waals surface area contributed by atoms with Crippen molar-refractivity contribution in [3.8, 4) is 11.3 Å². The molecule has 0 spiro atoms. The SMILES string of the molecule is CNC(=O)C(C)N/C=C(\C=N)c1cnn2c(-c3cccc(NC(=O)NCC(F)(F)F)c3)cnc2c1. The molecule has 1 atom stereocenters. The highest BCUT2D eigenvalue weighted by Crippen LogP contribution is 2.24. The summed E-state index contributed by atoms with van der Waals surface area (Å²) < 4.78 is 38.4. The number of halogens is 3. The van der Waals surface area contributed by atoms with Crippen molar-refractivity contribution in [1.29, 1.82) is 5.41 Å². The minimum Gasteiger partial charge on any atom is -0.379 e. The van der Waals surface area contributed by atoms with Gasteiger partial charge in [0.25, 0.3) is 0 Å². The number of allylic oxidation sites excluding steroid dienone is 1. The summed E-state index contributed by atoms with van der Waals surface area (Å²) in [5, 5.41) is 21.6. The molecule has 13 heteroatoms. The smallest absolute Gasteiger partial charge is 0.379 e. The van der Waals surface area contributed by atoms with Gasteiger partial charge in [-0.15, -0.1) is 0 Å². The average molecular weight is 488 g/mol. The molecule has 1 aromatic carbocycles. The van der Waals surface area contributed by atoms with E-state index >= 15 is 0 Å². The molecular formula is C22H23F3N8O2. The summed E-state index contributed by atoms with van der Waals surface area (Å²) in [5.41, 5.74) is 3.05. The van der Waals surface area contributed by atoms with Gasteiger partial charge in [-0.2, -0.15) is 18.3 Å². The van der Waals surface area contributed by atoms with Crippen LogP contribution in [0, 0.1) is 5.41 Å². The molecular weight excluding hydrogens is 465 g/mol. The third-order valence-corrected chi connectivity index (χ3v) is 4.84. The maximum Gasteiger partial charge on any atom is 0.405 e. The van der Waals surface area contributed by atoms with Gasteiger partial charge in [-0.25, -0.2) is 14.3 Å². The van der Waals surface area contributed by atoms with E-state index in [9.17, 15) is 22.8 Å². The summed E-state index contributed by atoms with van der Waals surface area (Å²) in [6, 6.07) is 6.74. The Labute approximate surface area is 198 Å². The summed E-state index contributed by atoms with van der Waals surface area (Å²) in [6.07, 6.45) is 1.26. The molecule has 3 amide bonds. The number of hydrogen-bond donors (Lipinski definition) is 5. The third-order valence-electron chi connectivity index (χ3n) is 4.84. The first kappa shape index (κ1) is 25.2. The number of hydrogen-bond acceptors (Lipinski definition) is 6. The van der Waals surface area contributed by atoms with Crippen LogP contribution < -0.4 is 21.3 Å². The summed E-state index contributed by atoms with van der Waals surface area (Å²) in [5.74, 6) is -0.202. The second kappa shape index (κ2) is 10.7. The van der Waals surface area contributed by atoms with Crippen LogP contribution in [-0.4, -0.2) is 58.6 Å². The van der Waals surface area contributed by atoms with Crippen molar-refractivity contribution in [2.45, 2.75) is 19.1 Å². The van der Waals surface area contributed by atoms with Crippen molar-refractivity contribution < 1.29 is 22.8 Å². The second-order valence-electron chi connectivity index (χ2n) is 7.41. The number of fused-ring (bicyclic) bond motifs is 1. The molecule has 0 aliphatic rings.